The summed E-state index contributed by atoms with van der Waals surface area (Å²) in [5.41, 5.74) is 1.16. The zero-order valence-corrected chi connectivity index (χ0v) is 6.57. The Bertz CT molecular complexity index is 299. The van der Waals surface area contributed by atoms with Gasteiger partial charge in [0.2, 0.25) is 0 Å². The number of aliphatic imine (C=N–C) groups is 1. The van der Waals surface area contributed by atoms with Gasteiger partial charge in [-0.15, -0.1) is 0 Å². The normalized spacial score (nSPS) is 21.1. The van der Waals surface area contributed by atoms with Crippen molar-refractivity contribution in [3.8, 4) is 0 Å². The molecular weight excluding hydrogens is 140 g/mol. The fraction of sp³-hybridized carbons (Fsp3) is 0.429. The van der Waals surface area contributed by atoms with E-state index in [0.717, 1.165) is 11.4 Å². The van der Waals surface area contributed by atoms with Gasteiger partial charge in [0.05, 0.1) is 18.6 Å². The molecule has 1 aliphatic heterocycles. The molecule has 0 bridgehead atoms. The van der Waals surface area contributed by atoms with Gasteiger partial charge in [0.15, 0.2) is 0 Å². The van der Waals surface area contributed by atoms with Crippen molar-refractivity contribution in [3.63, 3.8) is 0 Å². The van der Waals surface area contributed by atoms with E-state index in [9.17, 15) is 0 Å². The number of rotatable bonds is 0. The smallest absolute Gasteiger partial charge is 0.134 e. The summed E-state index contributed by atoms with van der Waals surface area (Å²) < 4.78 is 1.82. The van der Waals surface area contributed by atoms with Gasteiger partial charge in [-0.05, 0) is 6.92 Å². The van der Waals surface area contributed by atoms with Gasteiger partial charge in [-0.3, -0.25) is 9.67 Å². The van der Waals surface area contributed by atoms with Crippen LogP contribution in [-0.2, 0) is 7.05 Å². The van der Waals surface area contributed by atoms with Gasteiger partial charge in [-0.1, -0.05) is 0 Å². The van der Waals surface area contributed by atoms with Crippen LogP contribution in [0.15, 0.2) is 11.2 Å². The van der Waals surface area contributed by atoms with Crippen LogP contribution >= 0.6 is 0 Å². The molecule has 1 aromatic rings. The Labute approximate surface area is 64.9 Å². The van der Waals surface area contributed by atoms with Crippen molar-refractivity contribution < 1.29 is 0 Å². The molecule has 1 N–H and O–H groups in total. The molecule has 2 rings (SSSR count). The molecule has 1 unspecified atom stereocenters. The van der Waals surface area contributed by atoms with Crippen molar-refractivity contribution in [3.05, 3.63) is 11.8 Å². The number of anilines is 1. The minimum atomic E-state index is 0.236. The first kappa shape index (κ1) is 6.39. The second kappa shape index (κ2) is 2.08. The lowest BCUT2D eigenvalue weighted by molar-refractivity contribution is 0.769. The third-order valence-electron chi connectivity index (χ3n) is 1.92. The summed E-state index contributed by atoms with van der Waals surface area (Å²) in [7, 11) is 1.91. The number of nitrogens with one attached hydrogen (secondary N) is 1. The predicted molar refractivity (Wildman–Crippen MR) is 43.7 cm³/mol. The van der Waals surface area contributed by atoms with Gasteiger partial charge in [0, 0.05) is 12.6 Å². The summed E-state index contributed by atoms with van der Waals surface area (Å²) in [6.45, 7) is 2.05. The molecule has 0 radical (unpaired) electrons. The van der Waals surface area contributed by atoms with Gasteiger partial charge < -0.3 is 5.32 Å². The van der Waals surface area contributed by atoms with E-state index in [2.05, 4.69) is 22.3 Å². The Kier molecular flexibility index (Phi) is 1.21. The topological polar surface area (TPSA) is 42.2 Å². The third kappa shape index (κ3) is 0.824. The molecule has 0 aromatic carbocycles. The van der Waals surface area contributed by atoms with Crippen molar-refractivity contribution in [2.75, 3.05) is 5.32 Å². The molecule has 0 fully saturated rings. The largest absolute Gasteiger partial charge is 0.331 e. The Balaban J connectivity index is 2.52. The summed E-state index contributed by atoms with van der Waals surface area (Å²) >= 11 is 0. The monoisotopic (exact) mass is 150 g/mol. The number of aromatic nitrogens is 2. The average Bonchev–Trinajstić information content (AvgIpc) is 2.35. The molecule has 11 heavy (non-hydrogen) atoms. The number of hydrogen-bond acceptors (Lipinski definition) is 3. The van der Waals surface area contributed by atoms with Crippen LogP contribution in [-0.4, -0.2) is 16.1 Å². The minimum Gasteiger partial charge on any atom is -0.331 e. The summed E-state index contributed by atoms with van der Waals surface area (Å²) in [4.78, 5) is 4.20. The van der Waals surface area contributed by atoms with E-state index in [1.807, 2.05) is 17.9 Å². The zero-order valence-electron chi connectivity index (χ0n) is 6.57. The van der Waals surface area contributed by atoms with E-state index in [0.29, 0.717) is 0 Å². The molecule has 2 heterocycles. The minimum absolute atomic E-state index is 0.236. The van der Waals surface area contributed by atoms with E-state index in [-0.39, 0.29) is 6.04 Å². The number of aryl methyl sites for hydroxylation is 1. The third-order valence-corrected chi connectivity index (χ3v) is 1.92. The van der Waals surface area contributed by atoms with Crippen LogP contribution in [0.2, 0.25) is 0 Å². The molecule has 0 amide bonds. The van der Waals surface area contributed by atoms with Gasteiger partial charge in [0.1, 0.15) is 5.82 Å². The molecule has 1 aliphatic rings. The SMILES string of the molecule is CC1N=CNc2c1cnn2C. The first-order valence-electron chi connectivity index (χ1n) is 3.59. The highest BCUT2D eigenvalue weighted by Gasteiger charge is 2.15. The fourth-order valence-corrected chi connectivity index (χ4v) is 1.23. The van der Waals surface area contributed by atoms with E-state index in [1.54, 1.807) is 6.34 Å². The Morgan fingerprint density at radius 3 is 3.18 bits per heavy atom. The standard InChI is InChI=1S/C7H10N4/c1-5-6-3-10-11(2)7(6)9-4-8-5/h3-5H,1-2H3,(H,8,9). The maximum Gasteiger partial charge on any atom is 0.134 e. The van der Waals surface area contributed by atoms with Crippen LogP contribution < -0.4 is 5.32 Å². The predicted octanol–water partition coefficient (Wildman–Crippen LogP) is 0.935. The van der Waals surface area contributed by atoms with Crippen molar-refractivity contribution in [2.24, 2.45) is 12.0 Å². The van der Waals surface area contributed by atoms with Crippen LogP contribution in [0.3, 0.4) is 0 Å². The molecule has 0 spiro atoms. The zero-order chi connectivity index (χ0) is 7.84. The highest BCUT2D eigenvalue weighted by atomic mass is 15.3. The number of fused-ring (bicyclic) bond motifs is 1. The molecule has 0 saturated heterocycles. The molecule has 0 aliphatic carbocycles. The Hall–Kier alpha value is -1.32. The maximum atomic E-state index is 4.20. The van der Waals surface area contributed by atoms with Crippen molar-refractivity contribution in [2.45, 2.75) is 13.0 Å². The molecule has 4 heteroatoms. The van der Waals surface area contributed by atoms with E-state index < -0.39 is 0 Å². The fourth-order valence-electron chi connectivity index (χ4n) is 1.23. The second-order valence-corrected chi connectivity index (χ2v) is 2.67. The highest BCUT2D eigenvalue weighted by Crippen LogP contribution is 2.26. The Morgan fingerprint density at radius 2 is 2.45 bits per heavy atom. The number of hydrogen-bond donors (Lipinski definition) is 1. The Morgan fingerprint density at radius 1 is 1.64 bits per heavy atom. The summed E-state index contributed by atoms with van der Waals surface area (Å²) in [6.07, 6.45) is 3.57. The van der Waals surface area contributed by atoms with E-state index >= 15 is 0 Å². The quantitative estimate of drug-likeness (QED) is 0.598. The lowest BCUT2D eigenvalue weighted by Crippen LogP contribution is -2.09. The first-order valence-corrected chi connectivity index (χ1v) is 3.59. The molecule has 1 atom stereocenters. The van der Waals surface area contributed by atoms with Crippen LogP contribution in [0.4, 0.5) is 5.82 Å². The van der Waals surface area contributed by atoms with Gasteiger partial charge in [-0.25, -0.2) is 0 Å². The first-order chi connectivity index (χ1) is 5.29. The van der Waals surface area contributed by atoms with Crippen molar-refractivity contribution in [1.29, 1.82) is 0 Å². The van der Waals surface area contributed by atoms with Crippen molar-refractivity contribution in [1.82, 2.24) is 9.78 Å². The number of nitrogens with zero attached hydrogens (tertiary/aromatic N) is 3. The lowest BCUT2D eigenvalue weighted by Gasteiger charge is -2.13. The van der Waals surface area contributed by atoms with Crippen LogP contribution in [0.25, 0.3) is 0 Å². The van der Waals surface area contributed by atoms with E-state index in [1.165, 1.54) is 0 Å². The van der Waals surface area contributed by atoms with Crippen molar-refractivity contribution >= 4 is 12.2 Å². The van der Waals surface area contributed by atoms with Gasteiger partial charge >= 0.3 is 0 Å². The average molecular weight is 150 g/mol. The molecule has 58 valence electrons. The molecule has 4 nitrogen and oxygen atoms in total. The highest BCUT2D eigenvalue weighted by molar-refractivity contribution is 5.78. The molecular formula is C7H10N4. The summed E-state index contributed by atoms with van der Waals surface area (Å²) in [5, 5.41) is 7.17. The van der Waals surface area contributed by atoms with E-state index in [4.69, 9.17) is 0 Å². The summed E-state index contributed by atoms with van der Waals surface area (Å²) in [6, 6.07) is 0.236. The van der Waals surface area contributed by atoms with Gasteiger partial charge in [-0.2, -0.15) is 5.10 Å². The summed E-state index contributed by atoms with van der Waals surface area (Å²) in [5.74, 6) is 1.05. The van der Waals surface area contributed by atoms with Crippen LogP contribution in [0, 0.1) is 0 Å². The van der Waals surface area contributed by atoms with Gasteiger partial charge in [0.25, 0.3) is 0 Å². The maximum absolute atomic E-state index is 4.20. The van der Waals surface area contributed by atoms with Crippen LogP contribution in [0.1, 0.15) is 18.5 Å². The molecule has 1 aromatic heterocycles. The lowest BCUT2D eigenvalue weighted by atomic mass is 10.1. The second-order valence-electron chi connectivity index (χ2n) is 2.67. The van der Waals surface area contributed by atoms with Crippen LogP contribution in [0.5, 0.6) is 0 Å². The molecule has 0 saturated carbocycles.